The number of carbonyl (C=O) groups excluding carboxylic acids is 1. The molecule has 10 heteroatoms. The fraction of sp³-hybridized carbons (Fsp3) is 0.368. The summed E-state index contributed by atoms with van der Waals surface area (Å²) in [6, 6.07) is 5.47. The highest BCUT2D eigenvalue weighted by Crippen LogP contribution is 2.34. The number of nitrogens with one attached hydrogen (secondary N) is 2. The van der Waals surface area contributed by atoms with Crippen molar-refractivity contribution in [2.45, 2.75) is 33.0 Å². The summed E-state index contributed by atoms with van der Waals surface area (Å²) in [5.41, 5.74) is -0.111. The molecule has 0 saturated heterocycles. The van der Waals surface area contributed by atoms with E-state index in [2.05, 4.69) is 10.6 Å². The first-order valence-corrected chi connectivity index (χ1v) is 9.09. The van der Waals surface area contributed by atoms with Crippen LogP contribution >= 0.6 is 0 Å². The van der Waals surface area contributed by atoms with Crippen molar-refractivity contribution in [2.24, 2.45) is 0 Å². The number of amides is 2. The van der Waals surface area contributed by atoms with Crippen molar-refractivity contribution in [3.8, 4) is 17.6 Å². The van der Waals surface area contributed by atoms with Crippen LogP contribution in [0.5, 0.6) is 11.5 Å². The maximum absolute atomic E-state index is 13.1. The van der Waals surface area contributed by atoms with Gasteiger partial charge in [-0.2, -0.15) is 5.26 Å². The second kappa shape index (κ2) is 8.10. The SMILES string of the molecule is CCn1c2c(c(=O)n(CC)c1=O)C(c1ccc(OCC#N)c(OC)c1)NC(=O)N2. The van der Waals surface area contributed by atoms with Crippen LogP contribution in [-0.4, -0.2) is 28.9 Å². The Balaban J connectivity index is 2.22. The van der Waals surface area contributed by atoms with Crippen LogP contribution in [0.25, 0.3) is 0 Å². The molecule has 1 aromatic heterocycles. The number of carbonyl (C=O) groups is 1. The Labute approximate surface area is 166 Å². The lowest BCUT2D eigenvalue weighted by Gasteiger charge is -2.29. The van der Waals surface area contributed by atoms with E-state index in [1.54, 1.807) is 32.0 Å². The summed E-state index contributed by atoms with van der Waals surface area (Å²) in [7, 11) is 1.45. The molecule has 1 atom stereocenters. The number of aromatic nitrogens is 2. The van der Waals surface area contributed by atoms with Gasteiger partial charge in [-0.05, 0) is 31.5 Å². The lowest BCUT2D eigenvalue weighted by atomic mass is 9.98. The van der Waals surface area contributed by atoms with Gasteiger partial charge in [-0.15, -0.1) is 0 Å². The van der Waals surface area contributed by atoms with Crippen LogP contribution in [0.1, 0.15) is 31.0 Å². The summed E-state index contributed by atoms with van der Waals surface area (Å²) in [6.45, 7) is 3.82. The van der Waals surface area contributed by atoms with E-state index in [0.29, 0.717) is 23.6 Å². The van der Waals surface area contributed by atoms with Gasteiger partial charge in [0.25, 0.3) is 5.56 Å². The highest BCUT2D eigenvalue weighted by Gasteiger charge is 2.33. The van der Waals surface area contributed by atoms with Crippen molar-refractivity contribution < 1.29 is 14.3 Å². The number of rotatable bonds is 6. The number of nitriles is 1. The molecule has 3 rings (SSSR count). The molecular formula is C19H21N5O5. The van der Waals surface area contributed by atoms with Gasteiger partial charge in [-0.25, -0.2) is 9.59 Å². The molecular weight excluding hydrogens is 378 g/mol. The van der Waals surface area contributed by atoms with Gasteiger partial charge in [-0.3, -0.25) is 19.2 Å². The van der Waals surface area contributed by atoms with Crippen LogP contribution in [0.4, 0.5) is 10.6 Å². The molecule has 2 amide bonds. The molecule has 29 heavy (non-hydrogen) atoms. The third-order valence-corrected chi connectivity index (χ3v) is 4.70. The number of fused-ring (bicyclic) bond motifs is 1. The third kappa shape index (κ3) is 3.42. The number of hydrogen-bond donors (Lipinski definition) is 2. The summed E-state index contributed by atoms with van der Waals surface area (Å²) in [5, 5.41) is 14.0. The van der Waals surface area contributed by atoms with Crippen molar-refractivity contribution in [2.75, 3.05) is 19.0 Å². The summed E-state index contributed by atoms with van der Waals surface area (Å²) >= 11 is 0. The quantitative estimate of drug-likeness (QED) is 0.751. The van der Waals surface area contributed by atoms with Gasteiger partial charge in [-0.1, -0.05) is 6.07 Å². The molecule has 0 radical (unpaired) electrons. The number of anilines is 1. The number of ether oxygens (including phenoxy) is 2. The van der Waals surface area contributed by atoms with E-state index in [9.17, 15) is 14.4 Å². The number of hydrogen-bond acceptors (Lipinski definition) is 6. The average molecular weight is 399 g/mol. The molecule has 2 N–H and O–H groups in total. The van der Waals surface area contributed by atoms with Crippen molar-refractivity contribution in [3.05, 3.63) is 50.2 Å². The molecule has 2 heterocycles. The van der Waals surface area contributed by atoms with Gasteiger partial charge in [0.1, 0.15) is 11.9 Å². The molecule has 1 aliphatic heterocycles. The normalized spacial score (nSPS) is 15.0. The standard InChI is InChI=1S/C19H21N5O5/c1-4-23-16-14(17(25)24(5-2)19(23)27)15(21-18(26)22-16)11-6-7-12(29-9-8-20)13(10-11)28-3/h6-7,10,15H,4-5,9H2,1-3H3,(H2,21,22,26). The number of methoxy groups -OCH3 is 1. The average Bonchev–Trinajstić information content (AvgIpc) is 2.72. The van der Waals surface area contributed by atoms with Crippen LogP contribution < -0.4 is 31.4 Å². The molecule has 10 nitrogen and oxygen atoms in total. The zero-order valence-electron chi connectivity index (χ0n) is 16.3. The van der Waals surface area contributed by atoms with E-state index in [1.165, 1.54) is 11.7 Å². The highest BCUT2D eigenvalue weighted by atomic mass is 16.5. The Bertz CT molecular complexity index is 1110. The predicted octanol–water partition coefficient (Wildman–Crippen LogP) is 1.19. The first-order chi connectivity index (χ1) is 14.0. The summed E-state index contributed by atoms with van der Waals surface area (Å²) in [6.07, 6.45) is 0. The predicted molar refractivity (Wildman–Crippen MR) is 104 cm³/mol. The largest absolute Gasteiger partial charge is 0.493 e. The Morgan fingerprint density at radius 1 is 1.14 bits per heavy atom. The minimum absolute atomic E-state index is 0.146. The monoisotopic (exact) mass is 399 g/mol. The first kappa shape index (κ1) is 20.0. The molecule has 0 aliphatic carbocycles. The fourth-order valence-electron chi connectivity index (χ4n) is 3.38. The summed E-state index contributed by atoms with van der Waals surface area (Å²) < 4.78 is 13.2. The second-order valence-corrected chi connectivity index (χ2v) is 6.23. The van der Waals surface area contributed by atoms with Gasteiger partial charge >= 0.3 is 11.7 Å². The van der Waals surface area contributed by atoms with Crippen molar-refractivity contribution in [3.63, 3.8) is 0 Å². The summed E-state index contributed by atoms with van der Waals surface area (Å²) in [4.78, 5) is 37.9. The lowest BCUT2D eigenvalue weighted by Crippen LogP contribution is -2.50. The Hall–Kier alpha value is -3.74. The van der Waals surface area contributed by atoms with Crippen LogP contribution in [0.2, 0.25) is 0 Å². The maximum Gasteiger partial charge on any atom is 0.332 e. The first-order valence-electron chi connectivity index (χ1n) is 9.09. The van der Waals surface area contributed by atoms with Crippen LogP contribution in [0.15, 0.2) is 27.8 Å². The van der Waals surface area contributed by atoms with E-state index in [0.717, 1.165) is 4.57 Å². The highest BCUT2D eigenvalue weighted by molar-refractivity contribution is 5.92. The van der Waals surface area contributed by atoms with Crippen molar-refractivity contribution >= 4 is 11.8 Å². The van der Waals surface area contributed by atoms with Crippen LogP contribution in [0, 0.1) is 11.3 Å². The molecule has 2 aromatic rings. The van der Waals surface area contributed by atoms with Gasteiger partial charge < -0.3 is 14.8 Å². The number of nitrogens with zero attached hydrogens (tertiary/aromatic N) is 3. The maximum atomic E-state index is 13.1. The Kier molecular flexibility index (Phi) is 5.59. The number of urea groups is 1. The van der Waals surface area contributed by atoms with Gasteiger partial charge in [0.15, 0.2) is 18.1 Å². The molecule has 0 bridgehead atoms. The second-order valence-electron chi connectivity index (χ2n) is 6.23. The Morgan fingerprint density at radius 3 is 2.48 bits per heavy atom. The van der Waals surface area contributed by atoms with Gasteiger partial charge in [0.05, 0.1) is 18.7 Å². The van der Waals surface area contributed by atoms with Crippen molar-refractivity contribution in [1.29, 1.82) is 5.26 Å². The van der Waals surface area contributed by atoms with E-state index in [1.807, 2.05) is 6.07 Å². The number of benzene rings is 1. The molecule has 0 spiro atoms. The molecule has 0 fully saturated rings. The minimum atomic E-state index is -0.790. The van der Waals surface area contributed by atoms with E-state index in [4.69, 9.17) is 14.7 Å². The molecule has 1 aliphatic rings. The van der Waals surface area contributed by atoms with Gasteiger partial charge in [0.2, 0.25) is 0 Å². The van der Waals surface area contributed by atoms with E-state index < -0.39 is 23.3 Å². The minimum Gasteiger partial charge on any atom is -0.493 e. The Morgan fingerprint density at radius 2 is 1.86 bits per heavy atom. The van der Waals surface area contributed by atoms with E-state index in [-0.39, 0.29) is 24.5 Å². The van der Waals surface area contributed by atoms with Crippen LogP contribution in [0.3, 0.4) is 0 Å². The molecule has 152 valence electrons. The van der Waals surface area contributed by atoms with Crippen molar-refractivity contribution in [1.82, 2.24) is 14.5 Å². The molecule has 1 unspecified atom stereocenters. The zero-order chi connectivity index (χ0) is 21.1. The van der Waals surface area contributed by atoms with Crippen LogP contribution in [-0.2, 0) is 13.1 Å². The molecule has 0 saturated carbocycles. The zero-order valence-corrected chi connectivity index (χ0v) is 16.3. The third-order valence-electron chi connectivity index (χ3n) is 4.70. The summed E-state index contributed by atoms with van der Waals surface area (Å²) in [5.74, 6) is 0.902. The smallest absolute Gasteiger partial charge is 0.332 e. The van der Waals surface area contributed by atoms with Gasteiger partial charge in [0, 0.05) is 13.1 Å². The van der Waals surface area contributed by atoms with E-state index >= 15 is 0 Å². The lowest BCUT2D eigenvalue weighted by molar-refractivity contribution is 0.248. The fourth-order valence-corrected chi connectivity index (χ4v) is 3.38. The topological polar surface area (TPSA) is 127 Å². The molecule has 1 aromatic carbocycles.